The average molecular weight is 381 g/mol. The summed E-state index contributed by atoms with van der Waals surface area (Å²) < 4.78 is 11.0. The van der Waals surface area contributed by atoms with E-state index in [2.05, 4.69) is 24.3 Å². The van der Waals surface area contributed by atoms with Gasteiger partial charge in [0, 0.05) is 19.1 Å². The lowest BCUT2D eigenvalue weighted by atomic mass is 9.98. The fraction of sp³-hybridized carbons (Fsp3) is 0.364. The van der Waals surface area contributed by atoms with Gasteiger partial charge in [0.2, 0.25) is 0 Å². The molecule has 6 heteroatoms. The second kappa shape index (κ2) is 7.64. The van der Waals surface area contributed by atoms with Crippen molar-refractivity contribution in [2.75, 3.05) is 20.3 Å². The van der Waals surface area contributed by atoms with Gasteiger partial charge in [0.1, 0.15) is 6.61 Å². The maximum absolute atomic E-state index is 12.7. The molecule has 2 aromatic carbocycles. The number of methoxy groups -OCH3 is 1. The summed E-state index contributed by atoms with van der Waals surface area (Å²) in [5.41, 5.74) is 4.64. The van der Waals surface area contributed by atoms with Crippen molar-refractivity contribution in [2.45, 2.75) is 30.9 Å². The van der Waals surface area contributed by atoms with E-state index in [4.69, 9.17) is 14.6 Å². The predicted octanol–water partition coefficient (Wildman–Crippen LogP) is 3.50. The molecule has 1 heterocycles. The highest BCUT2D eigenvalue weighted by Gasteiger charge is 2.38. The molecule has 6 nitrogen and oxygen atoms in total. The Labute approximate surface area is 163 Å². The smallest absolute Gasteiger partial charge is 0.410 e. The zero-order chi connectivity index (χ0) is 19.7. The van der Waals surface area contributed by atoms with Crippen LogP contribution in [0.5, 0.6) is 0 Å². The van der Waals surface area contributed by atoms with Gasteiger partial charge in [-0.1, -0.05) is 48.5 Å². The van der Waals surface area contributed by atoms with Crippen molar-refractivity contribution in [1.82, 2.24) is 4.90 Å². The number of amides is 1. The number of rotatable bonds is 5. The molecule has 0 bridgehead atoms. The Morgan fingerprint density at radius 2 is 1.68 bits per heavy atom. The summed E-state index contributed by atoms with van der Waals surface area (Å²) in [6.07, 6.45) is -0.241. The van der Waals surface area contributed by atoms with Gasteiger partial charge in [-0.3, -0.25) is 4.79 Å². The summed E-state index contributed by atoms with van der Waals surface area (Å²) in [6, 6.07) is 15.9. The number of hydrogen-bond acceptors (Lipinski definition) is 4. The van der Waals surface area contributed by atoms with Gasteiger partial charge < -0.3 is 19.5 Å². The third kappa shape index (κ3) is 3.36. The standard InChI is InChI=1S/C22H23NO5/c1-27-15-10-14(11-21(24)25)23(12-15)22(26)28-13-20-18-8-4-2-6-16(18)17-7-3-5-9-19(17)20/h2-9,14-15,20H,10-13H2,1H3,(H,24,25). The number of nitrogens with zero attached hydrogens (tertiary/aromatic N) is 1. The number of aliphatic carboxylic acids is 1. The lowest BCUT2D eigenvalue weighted by Gasteiger charge is -2.24. The first kappa shape index (κ1) is 18.5. The quantitative estimate of drug-likeness (QED) is 0.858. The fourth-order valence-electron chi connectivity index (χ4n) is 4.34. The highest BCUT2D eigenvalue weighted by atomic mass is 16.6. The summed E-state index contributed by atoms with van der Waals surface area (Å²) in [4.78, 5) is 25.4. The Kier molecular flexibility index (Phi) is 5.05. The molecule has 0 spiro atoms. The Morgan fingerprint density at radius 1 is 1.07 bits per heavy atom. The summed E-state index contributed by atoms with van der Waals surface area (Å²) in [6.45, 7) is 0.575. The molecule has 1 amide bonds. The summed E-state index contributed by atoms with van der Waals surface area (Å²) in [5, 5.41) is 9.13. The molecule has 1 saturated heterocycles. The van der Waals surface area contributed by atoms with Gasteiger partial charge in [0.05, 0.1) is 19.1 Å². The summed E-state index contributed by atoms with van der Waals surface area (Å²) >= 11 is 0. The van der Waals surface area contributed by atoms with E-state index in [9.17, 15) is 9.59 Å². The normalized spacial score (nSPS) is 20.7. The molecule has 1 aliphatic heterocycles. The molecule has 1 aliphatic carbocycles. The molecular weight excluding hydrogens is 358 g/mol. The predicted molar refractivity (Wildman–Crippen MR) is 103 cm³/mol. The lowest BCUT2D eigenvalue weighted by molar-refractivity contribution is -0.138. The first-order valence-electron chi connectivity index (χ1n) is 9.44. The van der Waals surface area contributed by atoms with Crippen LogP contribution >= 0.6 is 0 Å². The van der Waals surface area contributed by atoms with Gasteiger partial charge in [-0.15, -0.1) is 0 Å². The van der Waals surface area contributed by atoms with Crippen LogP contribution < -0.4 is 0 Å². The number of benzene rings is 2. The molecule has 2 atom stereocenters. The molecule has 0 saturated carbocycles. The Morgan fingerprint density at radius 3 is 2.25 bits per heavy atom. The summed E-state index contributed by atoms with van der Waals surface area (Å²) in [7, 11) is 1.57. The molecule has 146 valence electrons. The van der Waals surface area contributed by atoms with Crippen LogP contribution in [0.25, 0.3) is 11.1 Å². The molecule has 2 unspecified atom stereocenters. The Bertz CT molecular complexity index is 851. The highest BCUT2D eigenvalue weighted by molar-refractivity contribution is 5.79. The van der Waals surface area contributed by atoms with Crippen LogP contribution in [0.3, 0.4) is 0 Å². The van der Waals surface area contributed by atoms with Crippen molar-refractivity contribution in [3.63, 3.8) is 0 Å². The first-order chi connectivity index (χ1) is 13.6. The number of likely N-dealkylation sites (tertiary alicyclic amines) is 1. The topological polar surface area (TPSA) is 76.1 Å². The molecule has 4 rings (SSSR count). The number of fused-ring (bicyclic) bond motifs is 3. The fourth-order valence-corrected chi connectivity index (χ4v) is 4.34. The average Bonchev–Trinajstić information content (AvgIpc) is 3.25. The van der Waals surface area contributed by atoms with Crippen LogP contribution in [0.2, 0.25) is 0 Å². The minimum absolute atomic E-state index is 0.0184. The monoisotopic (exact) mass is 381 g/mol. The molecule has 2 aromatic rings. The van der Waals surface area contributed by atoms with Crippen LogP contribution in [0.15, 0.2) is 48.5 Å². The van der Waals surface area contributed by atoms with Gasteiger partial charge >= 0.3 is 12.1 Å². The van der Waals surface area contributed by atoms with E-state index in [-0.39, 0.29) is 25.0 Å². The van der Waals surface area contributed by atoms with Crippen molar-refractivity contribution in [2.24, 2.45) is 0 Å². The van der Waals surface area contributed by atoms with Gasteiger partial charge in [0.25, 0.3) is 0 Å². The van der Waals surface area contributed by atoms with E-state index < -0.39 is 18.1 Å². The van der Waals surface area contributed by atoms with Crippen molar-refractivity contribution in [1.29, 1.82) is 0 Å². The Hall–Kier alpha value is -2.86. The number of ether oxygens (including phenoxy) is 2. The third-order valence-electron chi connectivity index (χ3n) is 5.69. The SMILES string of the molecule is COC1CC(CC(=O)O)N(C(=O)OCC2c3ccccc3-c3ccccc32)C1. The van der Waals surface area contributed by atoms with E-state index in [0.29, 0.717) is 13.0 Å². The first-order valence-corrected chi connectivity index (χ1v) is 9.44. The number of carbonyl (C=O) groups is 2. The van der Waals surface area contributed by atoms with Crippen molar-refractivity contribution in [3.8, 4) is 11.1 Å². The molecular formula is C22H23NO5. The van der Waals surface area contributed by atoms with Crippen molar-refractivity contribution >= 4 is 12.1 Å². The molecule has 1 fully saturated rings. The van der Waals surface area contributed by atoms with Gasteiger partial charge in [-0.05, 0) is 28.7 Å². The second-order valence-electron chi connectivity index (χ2n) is 7.30. The maximum Gasteiger partial charge on any atom is 0.410 e. The molecule has 0 aromatic heterocycles. The second-order valence-corrected chi connectivity index (χ2v) is 7.30. The largest absolute Gasteiger partial charge is 0.481 e. The van der Waals surface area contributed by atoms with Crippen molar-refractivity contribution < 1.29 is 24.2 Å². The van der Waals surface area contributed by atoms with Crippen molar-refractivity contribution in [3.05, 3.63) is 59.7 Å². The number of carbonyl (C=O) groups excluding carboxylic acids is 1. The summed E-state index contributed by atoms with van der Waals surface area (Å²) in [5.74, 6) is -0.951. The van der Waals surface area contributed by atoms with E-state index in [1.165, 1.54) is 16.0 Å². The van der Waals surface area contributed by atoms with Gasteiger partial charge in [0.15, 0.2) is 0 Å². The van der Waals surface area contributed by atoms with Crippen LogP contribution in [0, 0.1) is 0 Å². The molecule has 0 radical (unpaired) electrons. The zero-order valence-electron chi connectivity index (χ0n) is 15.7. The number of hydrogen-bond donors (Lipinski definition) is 1. The molecule has 2 aliphatic rings. The van der Waals surface area contributed by atoms with E-state index in [1.54, 1.807) is 7.11 Å². The number of carboxylic acids is 1. The zero-order valence-corrected chi connectivity index (χ0v) is 15.7. The maximum atomic E-state index is 12.7. The van der Waals surface area contributed by atoms with Crippen LogP contribution in [0.4, 0.5) is 4.79 Å². The van der Waals surface area contributed by atoms with E-state index in [1.807, 2.05) is 24.3 Å². The minimum atomic E-state index is -0.932. The Balaban J connectivity index is 1.50. The minimum Gasteiger partial charge on any atom is -0.481 e. The lowest BCUT2D eigenvalue weighted by Crippen LogP contribution is -2.38. The number of carboxylic acid groups (broad SMARTS) is 1. The van der Waals surface area contributed by atoms with E-state index in [0.717, 1.165) is 11.1 Å². The molecule has 1 N–H and O–H groups in total. The third-order valence-corrected chi connectivity index (χ3v) is 5.69. The van der Waals surface area contributed by atoms with Gasteiger partial charge in [-0.2, -0.15) is 0 Å². The van der Waals surface area contributed by atoms with Crippen LogP contribution in [-0.4, -0.2) is 54.5 Å². The van der Waals surface area contributed by atoms with E-state index >= 15 is 0 Å². The molecule has 28 heavy (non-hydrogen) atoms. The van der Waals surface area contributed by atoms with Crippen LogP contribution in [-0.2, 0) is 14.3 Å². The highest BCUT2D eigenvalue weighted by Crippen LogP contribution is 2.44. The van der Waals surface area contributed by atoms with Crippen LogP contribution in [0.1, 0.15) is 29.9 Å². The van der Waals surface area contributed by atoms with Gasteiger partial charge in [-0.25, -0.2) is 4.79 Å².